The maximum atomic E-state index is 12.1. The van der Waals surface area contributed by atoms with Gasteiger partial charge in [-0.15, -0.1) is 0 Å². The van der Waals surface area contributed by atoms with Crippen LogP contribution in [0.2, 0.25) is 5.02 Å². The average molecular weight is 309 g/mol. The quantitative estimate of drug-likeness (QED) is 0.896. The molecule has 0 heterocycles. The maximum absolute atomic E-state index is 12.1. The number of halogens is 1. The van der Waals surface area contributed by atoms with Crippen molar-refractivity contribution in [2.75, 3.05) is 19.4 Å². The van der Waals surface area contributed by atoms with E-state index in [1.807, 2.05) is 12.1 Å². The molecule has 0 spiro atoms. The van der Waals surface area contributed by atoms with Crippen LogP contribution in [0.4, 0.5) is 5.69 Å². The summed E-state index contributed by atoms with van der Waals surface area (Å²) in [4.78, 5) is 13.7. The lowest BCUT2D eigenvalue weighted by Gasteiger charge is -2.36. The fourth-order valence-electron chi connectivity index (χ4n) is 3.08. The number of rotatable bonds is 3. The molecule has 0 saturated heterocycles. The van der Waals surface area contributed by atoms with Crippen molar-refractivity contribution >= 4 is 23.2 Å². The molecule has 2 rings (SSSR count). The van der Waals surface area contributed by atoms with Gasteiger partial charge in [-0.1, -0.05) is 31.9 Å². The van der Waals surface area contributed by atoms with Crippen molar-refractivity contribution in [3.8, 4) is 0 Å². The summed E-state index contributed by atoms with van der Waals surface area (Å²) in [5, 5.41) is 4.07. The van der Waals surface area contributed by atoms with Gasteiger partial charge in [-0.3, -0.25) is 4.79 Å². The highest BCUT2D eigenvalue weighted by molar-refractivity contribution is 6.34. The second kappa shape index (κ2) is 6.27. The van der Waals surface area contributed by atoms with Crippen molar-refractivity contribution in [3.05, 3.63) is 28.8 Å². The highest BCUT2D eigenvalue weighted by Gasteiger charge is 2.28. The minimum absolute atomic E-state index is 0.0624. The van der Waals surface area contributed by atoms with Crippen molar-refractivity contribution in [1.82, 2.24) is 4.90 Å². The third-order valence-electron chi connectivity index (χ3n) is 4.18. The molecule has 1 amide bonds. The Kier molecular flexibility index (Phi) is 4.82. The molecule has 1 unspecified atom stereocenters. The molecule has 4 heteroatoms. The summed E-state index contributed by atoms with van der Waals surface area (Å²) in [5.41, 5.74) is 1.93. The van der Waals surface area contributed by atoms with Crippen molar-refractivity contribution in [2.45, 2.75) is 45.6 Å². The number of anilines is 1. The summed E-state index contributed by atoms with van der Waals surface area (Å²) < 4.78 is 0. The molecule has 1 aliphatic carbocycles. The summed E-state index contributed by atoms with van der Waals surface area (Å²) in [6.07, 6.45) is 4.88. The zero-order valence-electron chi connectivity index (χ0n) is 13.4. The topological polar surface area (TPSA) is 32.3 Å². The summed E-state index contributed by atoms with van der Waals surface area (Å²) in [7, 11) is 3.48. The van der Waals surface area contributed by atoms with Gasteiger partial charge in [0.05, 0.1) is 10.6 Å². The van der Waals surface area contributed by atoms with Gasteiger partial charge >= 0.3 is 0 Å². The number of nitrogens with zero attached hydrogens (tertiary/aromatic N) is 1. The Bertz CT molecular complexity index is 526. The first-order chi connectivity index (χ1) is 9.78. The molecular weight excluding hydrogens is 284 g/mol. The lowest BCUT2D eigenvalue weighted by molar-refractivity contribution is 0.0828. The first-order valence-corrected chi connectivity index (χ1v) is 7.94. The zero-order valence-corrected chi connectivity index (χ0v) is 14.1. The number of carbonyl (C=O) groups is 1. The van der Waals surface area contributed by atoms with Gasteiger partial charge in [0.2, 0.25) is 0 Å². The van der Waals surface area contributed by atoms with E-state index in [1.165, 1.54) is 19.3 Å². The minimum Gasteiger partial charge on any atom is -0.382 e. The van der Waals surface area contributed by atoms with Crippen LogP contribution in [0.25, 0.3) is 0 Å². The Labute approximate surface area is 132 Å². The number of nitrogens with one attached hydrogen (secondary N) is 1. The molecule has 1 atom stereocenters. The Morgan fingerprint density at radius 1 is 1.38 bits per heavy atom. The first-order valence-electron chi connectivity index (χ1n) is 7.56. The summed E-state index contributed by atoms with van der Waals surface area (Å²) in [5.74, 6) is -0.0624. The van der Waals surface area contributed by atoms with E-state index in [9.17, 15) is 4.79 Å². The molecular formula is C17H25ClN2O. The normalized spacial score (nSPS) is 20.9. The van der Waals surface area contributed by atoms with Gasteiger partial charge in [-0.25, -0.2) is 0 Å². The van der Waals surface area contributed by atoms with E-state index in [0.717, 1.165) is 12.1 Å². The molecule has 21 heavy (non-hydrogen) atoms. The van der Waals surface area contributed by atoms with Crippen LogP contribution in [0, 0.1) is 5.41 Å². The Hall–Kier alpha value is -1.22. The molecule has 0 aliphatic heterocycles. The SMILES string of the molecule is CN(C)C(=O)c1cc(NC2CCCC(C)(C)C2)ccc1Cl. The van der Waals surface area contributed by atoms with Gasteiger partial charge in [0, 0.05) is 25.8 Å². The van der Waals surface area contributed by atoms with Gasteiger partial charge in [-0.05, 0) is 42.9 Å². The van der Waals surface area contributed by atoms with Crippen LogP contribution >= 0.6 is 11.6 Å². The molecule has 1 aliphatic rings. The van der Waals surface area contributed by atoms with Gasteiger partial charge in [-0.2, -0.15) is 0 Å². The molecule has 1 saturated carbocycles. The van der Waals surface area contributed by atoms with Crippen LogP contribution in [-0.2, 0) is 0 Å². The van der Waals surface area contributed by atoms with Crippen molar-refractivity contribution in [1.29, 1.82) is 0 Å². The predicted molar refractivity (Wildman–Crippen MR) is 89.1 cm³/mol. The smallest absolute Gasteiger partial charge is 0.254 e. The molecule has 1 N–H and O–H groups in total. The van der Waals surface area contributed by atoms with E-state index < -0.39 is 0 Å². The van der Waals surface area contributed by atoms with Gasteiger partial charge < -0.3 is 10.2 Å². The fraction of sp³-hybridized carbons (Fsp3) is 0.588. The van der Waals surface area contributed by atoms with E-state index in [1.54, 1.807) is 25.1 Å². The molecule has 1 aromatic carbocycles. The van der Waals surface area contributed by atoms with E-state index in [0.29, 0.717) is 22.0 Å². The molecule has 0 radical (unpaired) electrons. The fourth-order valence-corrected chi connectivity index (χ4v) is 3.28. The third-order valence-corrected chi connectivity index (χ3v) is 4.51. The number of hydrogen-bond donors (Lipinski definition) is 1. The van der Waals surface area contributed by atoms with Crippen LogP contribution in [-0.4, -0.2) is 30.9 Å². The Morgan fingerprint density at radius 2 is 2.10 bits per heavy atom. The second-order valence-corrected chi connectivity index (χ2v) is 7.40. The van der Waals surface area contributed by atoms with E-state index in [4.69, 9.17) is 11.6 Å². The zero-order chi connectivity index (χ0) is 15.6. The van der Waals surface area contributed by atoms with Crippen LogP contribution in [0.5, 0.6) is 0 Å². The van der Waals surface area contributed by atoms with E-state index in [2.05, 4.69) is 19.2 Å². The second-order valence-electron chi connectivity index (χ2n) is 7.00. The highest BCUT2D eigenvalue weighted by atomic mass is 35.5. The standard InChI is InChI=1S/C17H25ClN2O/c1-17(2)9-5-6-13(11-17)19-12-7-8-15(18)14(10-12)16(21)20(3)4/h7-8,10,13,19H,5-6,9,11H2,1-4H3. The Morgan fingerprint density at radius 3 is 2.71 bits per heavy atom. The number of hydrogen-bond acceptors (Lipinski definition) is 2. The van der Waals surface area contributed by atoms with Crippen molar-refractivity contribution in [2.24, 2.45) is 5.41 Å². The van der Waals surface area contributed by atoms with E-state index >= 15 is 0 Å². The van der Waals surface area contributed by atoms with Crippen LogP contribution < -0.4 is 5.32 Å². The van der Waals surface area contributed by atoms with Crippen LogP contribution in [0.15, 0.2) is 18.2 Å². The summed E-state index contributed by atoms with van der Waals surface area (Å²) in [6, 6.07) is 6.09. The Balaban J connectivity index is 2.14. The van der Waals surface area contributed by atoms with E-state index in [-0.39, 0.29) is 5.91 Å². The van der Waals surface area contributed by atoms with Gasteiger partial charge in [0.25, 0.3) is 5.91 Å². The molecule has 0 aromatic heterocycles. The first kappa shape index (κ1) is 16.2. The number of carbonyl (C=O) groups excluding carboxylic acids is 1. The van der Waals surface area contributed by atoms with Gasteiger partial charge in [0.1, 0.15) is 0 Å². The predicted octanol–water partition coefficient (Wildman–Crippen LogP) is 4.42. The number of benzene rings is 1. The van der Waals surface area contributed by atoms with Crippen molar-refractivity contribution in [3.63, 3.8) is 0 Å². The minimum atomic E-state index is -0.0624. The summed E-state index contributed by atoms with van der Waals surface area (Å²) >= 11 is 6.15. The lowest BCUT2D eigenvalue weighted by atomic mass is 9.75. The monoisotopic (exact) mass is 308 g/mol. The molecule has 1 aromatic rings. The van der Waals surface area contributed by atoms with Crippen LogP contribution in [0.3, 0.4) is 0 Å². The van der Waals surface area contributed by atoms with Crippen molar-refractivity contribution < 1.29 is 4.79 Å². The molecule has 1 fully saturated rings. The molecule has 3 nitrogen and oxygen atoms in total. The molecule has 0 bridgehead atoms. The molecule has 116 valence electrons. The largest absolute Gasteiger partial charge is 0.382 e. The lowest BCUT2D eigenvalue weighted by Crippen LogP contribution is -2.31. The van der Waals surface area contributed by atoms with Crippen LogP contribution in [0.1, 0.15) is 49.9 Å². The highest BCUT2D eigenvalue weighted by Crippen LogP contribution is 2.36. The third kappa shape index (κ3) is 4.13. The van der Waals surface area contributed by atoms with Gasteiger partial charge in [0.15, 0.2) is 0 Å². The summed E-state index contributed by atoms with van der Waals surface area (Å²) in [6.45, 7) is 4.65. The maximum Gasteiger partial charge on any atom is 0.254 e. The average Bonchev–Trinajstić information content (AvgIpc) is 2.39. The number of amides is 1.